The van der Waals surface area contributed by atoms with Gasteiger partial charge in [-0.2, -0.15) is 0 Å². The number of aliphatic hydroxyl groups excluding tert-OH is 1. The lowest BCUT2D eigenvalue weighted by atomic mass is 9.97. The van der Waals surface area contributed by atoms with Crippen LogP contribution in [0.25, 0.3) is 0 Å². The molecule has 0 saturated heterocycles. The minimum Gasteiger partial charge on any atom is -0.389 e. The monoisotopic (exact) mass is 212 g/mol. The maximum atomic E-state index is 9.68. The van der Waals surface area contributed by atoms with Gasteiger partial charge in [0.05, 0.1) is 6.10 Å². The van der Waals surface area contributed by atoms with Crippen molar-refractivity contribution in [2.75, 3.05) is 0 Å². The summed E-state index contributed by atoms with van der Waals surface area (Å²) in [5, 5.41) is 9.68. The second-order valence-corrected chi connectivity index (χ2v) is 4.04. The lowest BCUT2D eigenvalue weighted by Crippen LogP contribution is -1.99. The molecule has 82 valence electrons. The van der Waals surface area contributed by atoms with Gasteiger partial charge in [-0.15, -0.1) is 0 Å². The second kappa shape index (κ2) is 4.95. The third-order valence-electron chi connectivity index (χ3n) is 2.74. The van der Waals surface area contributed by atoms with E-state index in [-0.39, 0.29) is 0 Å². The van der Waals surface area contributed by atoms with Crippen molar-refractivity contribution < 1.29 is 5.11 Å². The van der Waals surface area contributed by atoms with Crippen LogP contribution in [0.2, 0.25) is 0 Å². The molecule has 0 amide bonds. The molecule has 1 N–H and O–H groups in total. The Morgan fingerprint density at radius 1 is 0.938 bits per heavy atom. The number of aliphatic hydroxyl groups is 1. The van der Waals surface area contributed by atoms with Crippen molar-refractivity contribution in [2.24, 2.45) is 0 Å². The van der Waals surface area contributed by atoms with Crippen LogP contribution in [0.1, 0.15) is 29.7 Å². The van der Waals surface area contributed by atoms with E-state index in [2.05, 4.69) is 18.2 Å². The first-order valence-corrected chi connectivity index (χ1v) is 5.57. The first kappa shape index (κ1) is 10.9. The highest BCUT2D eigenvalue weighted by molar-refractivity contribution is 5.33. The van der Waals surface area contributed by atoms with Gasteiger partial charge in [0, 0.05) is 0 Å². The summed E-state index contributed by atoms with van der Waals surface area (Å²) in [4.78, 5) is 0. The first-order valence-electron chi connectivity index (χ1n) is 5.57. The Morgan fingerprint density at radius 3 is 2.25 bits per heavy atom. The average Bonchev–Trinajstić information content (AvgIpc) is 2.31. The lowest BCUT2D eigenvalue weighted by Gasteiger charge is -2.11. The van der Waals surface area contributed by atoms with E-state index in [4.69, 9.17) is 0 Å². The number of rotatable bonds is 3. The average molecular weight is 212 g/mol. The molecule has 16 heavy (non-hydrogen) atoms. The molecule has 1 nitrogen and oxygen atoms in total. The molecule has 0 bridgehead atoms. The highest BCUT2D eigenvalue weighted by Crippen LogP contribution is 2.20. The summed E-state index contributed by atoms with van der Waals surface area (Å²) in [7, 11) is 0. The van der Waals surface area contributed by atoms with Crippen LogP contribution < -0.4 is 0 Å². The third kappa shape index (κ3) is 2.50. The van der Waals surface area contributed by atoms with E-state index in [1.54, 1.807) is 0 Å². The van der Waals surface area contributed by atoms with Gasteiger partial charge >= 0.3 is 0 Å². The largest absolute Gasteiger partial charge is 0.389 e. The van der Waals surface area contributed by atoms with Gasteiger partial charge in [0.25, 0.3) is 0 Å². The van der Waals surface area contributed by atoms with Gasteiger partial charge in [0.1, 0.15) is 0 Å². The van der Waals surface area contributed by atoms with E-state index < -0.39 is 6.10 Å². The van der Waals surface area contributed by atoms with Crippen molar-refractivity contribution in [3.05, 3.63) is 71.3 Å². The third-order valence-corrected chi connectivity index (χ3v) is 2.74. The fourth-order valence-electron chi connectivity index (χ4n) is 1.92. The Hall–Kier alpha value is -1.60. The summed E-state index contributed by atoms with van der Waals surface area (Å²) in [5.41, 5.74) is 3.49. The van der Waals surface area contributed by atoms with E-state index in [0.717, 1.165) is 12.0 Å². The molecule has 0 fully saturated rings. The molecular formula is C15H16O. The van der Waals surface area contributed by atoms with Crippen LogP contribution in [0.4, 0.5) is 0 Å². The van der Waals surface area contributed by atoms with Crippen LogP contribution in [-0.2, 0) is 6.42 Å². The maximum absolute atomic E-state index is 9.68. The molecule has 0 heterocycles. The van der Waals surface area contributed by atoms with Gasteiger partial charge in [0.15, 0.2) is 0 Å². The number of benzene rings is 2. The fraction of sp³-hybridized carbons (Fsp3) is 0.200. The Bertz CT molecular complexity index is 446. The van der Waals surface area contributed by atoms with Gasteiger partial charge in [-0.1, -0.05) is 54.6 Å². The second-order valence-electron chi connectivity index (χ2n) is 4.04. The predicted octanol–water partition coefficient (Wildman–Crippen LogP) is 3.33. The fourth-order valence-corrected chi connectivity index (χ4v) is 1.92. The van der Waals surface area contributed by atoms with E-state index in [1.165, 1.54) is 11.1 Å². The van der Waals surface area contributed by atoms with Crippen molar-refractivity contribution in [1.29, 1.82) is 0 Å². The van der Waals surface area contributed by atoms with Gasteiger partial charge in [-0.25, -0.2) is 0 Å². The van der Waals surface area contributed by atoms with Gasteiger partial charge in [-0.3, -0.25) is 0 Å². The zero-order valence-corrected chi connectivity index (χ0v) is 9.43. The summed E-state index contributed by atoms with van der Waals surface area (Å²) in [6.07, 6.45) is 0.474. The molecule has 0 aliphatic carbocycles. The normalized spacial score (nSPS) is 12.4. The van der Waals surface area contributed by atoms with E-state index in [9.17, 15) is 5.11 Å². The van der Waals surface area contributed by atoms with Crippen molar-refractivity contribution in [1.82, 2.24) is 0 Å². The van der Waals surface area contributed by atoms with Gasteiger partial charge < -0.3 is 5.11 Å². The van der Waals surface area contributed by atoms with Crippen LogP contribution in [0.15, 0.2) is 54.6 Å². The molecule has 0 saturated carbocycles. The quantitative estimate of drug-likeness (QED) is 0.827. The topological polar surface area (TPSA) is 20.2 Å². The van der Waals surface area contributed by atoms with Gasteiger partial charge in [-0.05, 0) is 30.0 Å². The maximum Gasteiger partial charge on any atom is 0.0764 e. The van der Waals surface area contributed by atoms with Crippen molar-refractivity contribution >= 4 is 0 Å². The Kier molecular flexibility index (Phi) is 3.37. The van der Waals surface area contributed by atoms with Crippen molar-refractivity contribution in [2.45, 2.75) is 19.4 Å². The van der Waals surface area contributed by atoms with Crippen LogP contribution in [0.3, 0.4) is 0 Å². The number of hydrogen-bond acceptors (Lipinski definition) is 1. The summed E-state index contributed by atoms with van der Waals surface area (Å²) >= 11 is 0. The SMILES string of the molecule is C[C@H](O)c1ccccc1Cc1ccccc1. The molecule has 0 radical (unpaired) electrons. The van der Waals surface area contributed by atoms with Crippen LogP contribution in [0.5, 0.6) is 0 Å². The van der Waals surface area contributed by atoms with Crippen LogP contribution in [-0.4, -0.2) is 5.11 Å². The molecule has 0 aliphatic rings. The molecule has 0 aromatic heterocycles. The number of hydrogen-bond donors (Lipinski definition) is 1. The minimum absolute atomic E-state index is 0.403. The summed E-state index contributed by atoms with van der Waals surface area (Å²) < 4.78 is 0. The van der Waals surface area contributed by atoms with E-state index in [0.29, 0.717) is 0 Å². The highest BCUT2D eigenvalue weighted by atomic mass is 16.3. The molecule has 2 aromatic rings. The standard InChI is InChI=1S/C15H16O/c1-12(16)15-10-6-5-9-14(15)11-13-7-3-2-4-8-13/h2-10,12,16H,11H2,1H3/t12-/m0/s1. The molecule has 1 atom stereocenters. The molecule has 2 aromatic carbocycles. The molecule has 0 aliphatic heterocycles. The minimum atomic E-state index is -0.403. The first-order chi connectivity index (χ1) is 7.77. The summed E-state index contributed by atoms with van der Waals surface area (Å²) in [6.45, 7) is 1.81. The van der Waals surface area contributed by atoms with Crippen molar-refractivity contribution in [3.8, 4) is 0 Å². The zero-order valence-electron chi connectivity index (χ0n) is 9.43. The van der Waals surface area contributed by atoms with E-state index in [1.807, 2.05) is 43.3 Å². The molecule has 0 spiro atoms. The van der Waals surface area contributed by atoms with Crippen LogP contribution in [0, 0.1) is 0 Å². The lowest BCUT2D eigenvalue weighted by molar-refractivity contribution is 0.198. The van der Waals surface area contributed by atoms with Crippen molar-refractivity contribution in [3.63, 3.8) is 0 Å². The molecule has 1 heteroatoms. The summed E-state index contributed by atoms with van der Waals surface area (Å²) in [6, 6.07) is 18.4. The predicted molar refractivity (Wildman–Crippen MR) is 66.3 cm³/mol. The smallest absolute Gasteiger partial charge is 0.0764 e. The molecule has 0 unspecified atom stereocenters. The van der Waals surface area contributed by atoms with Crippen LogP contribution >= 0.6 is 0 Å². The Labute approximate surface area is 96.4 Å². The Morgan fingerprint density at radius 2 is 1.56 bits per heavy atom. The Balaban J connectivity index is 2.28. The van der Waals surface area contributed by atoms with Gasteiger partial charge in [0.2, 0.25) is 0 Å². The molecule has 2 rings (SSSR count). The summed E-state index contributed by atoms with van der Waals surface area (Å²) in [5.74, 6) is 0. The molecular weight excluding hydrogens is 196 g/mol. The highest BCUT2D eigenvalue weighted by Gasteiger charge is 2.06. The van der Waals surface area contributed by atoms with E-state index >= 15 is 0 Å². The zero-order chi connectivity index (χ0) is 11.4.